The van der Waals surface area contributed by atoms with Gasteiger partial charge in [-0.1, -0.05) is 12.1 Å². The third-order valence-corrected chi connectivity index (χ3v) is 6.63. The van der Waals surface area contributed by atoms with Crippen LogP contribution in [0, 0.1) is 5.82 Å². The maximum absolute atomic E-state index is 13.4. The van der Waals surface area contributed by atoms with E-state index >= 15 is 0 Å². The lowest BCUT2D eigenvalue weighted by molar-refractivity contribution is -0.286. The number of alkyl halides is 2. The summed E-state index contributed by atoms with van der Waals surface area (Å²) in [6.45, 7) is 3.51. The van der Waals surface area contributed by atoms with Crippen molar-refractivity contribution in [2.24, 2.45) is 0 Å². The van der Waals surface area contributed by atoms with E-state index in [2.05, 4.69) is 19.1 Å². The van der Waals surface area contributed by atoms with Crippen molar-refractivity contribution in [3.63, 3.8) is 0 Å². The van der Waals surface area contributed by atoms with Crippen LogP contribution in [-0.2, 0) is 10.0 Å². The van der Waals surface area contributed by atoms with Gasteiger partial charge in [-0.15, -0.1) is 8.78 Å². The van der Waals surface area contributed by atoms with Crippen LogP contribution in [0.3, 0.4) is 0 Å². The van der Waals surface area contributed by atoms with Gasteiger partial charge in [-0.3, -0.25) is 4.90 Å². The van der Waals surface area contributed by atoms with E-state index in [4.69, 9.17) is 0 Å². The second kappa shape index (κ2) is 8.56. The molecule has 1 saturated heterocycles. The molecule has 7 nitrogen and oxygen atoms in total. The van der Waals surface area contributed by atoms with Crippen LogP contribution in [0.25, 0.3) is 0 Å². The van der Waals surface area contributed by atoms with Gasteiger partial charge in [0.05, 0.1) is 10.6 Å². The van der Waals surface area contributed by atoms with E-state index in [0.717, 1.165) is 6.07 Å². The average Bonchev–Trinajstić information content (AvgIpc) is 3.05. The number of ether oxygens (including phenoxy) is 2. The number of para-hydroxylation sites is 1. The van der Waals surface area contributed by atoms with Gasteiger partial charge in [0.25, 0.3) is 0 Å². The molecule has 0 radical (unpaired) electrons. The second-order valence-electron chi connectivity index (χ2n) is 7.31. The number of halogens is 3. The highest BCUT2D eigenvalue weighted by atomic mass is 32.2. The number of fused-ring (bicyclic) bond motifs is 1. The molecule has 2 aliphatic rings. The Kier molecular flexibility index (Phi) is 6.00. The van der Waals surface area contributed by atoms with Crippen molar-refractivity contribution >= 4 is 15.7 Å². The van der Waals surface area contributed by atoms with Gasteiger partial charge in [0.15, 0.2) is 11.5 Å². The number of nitrogens with zero attached hydrogens (tertiary/aromatic N) is 2. The minimum Gasteiger partial charge on any atom is -0.395 e. The zero-order valence-corrected chi connectivity index (χ0v) is 17.4. The van der Waals surface area contributed by atoms with Crippen molar-refractivity contribution in [2.75, 3.05) is 44.2 Å². The number of hydrogen-bond donors (Lipinski definition) is 1. The molecule has 1 N–H and O–H groups in total. The zero-order valence-electron chi connectivity index (χ0n) is 16.6. The summed E-state index contributed by atoms with van der Waals surface area (Å²) in [4.78, 5) is 4.03. The molecular formula is C20H22F3N3O4S. The summed E-state index contributed by atoms with van der Waals surface area (Å²) in [5, 5.41) is 0. The van der Waals surface area contributed by atoms with Crippen molar-refractivity contribution < 1.29 is 31.1 Å². The minimum atomic E-state index is -3.75. The van der Waals surface area contributed by atoms with Crippen molar-refractivity contribution in [2.45, 2.75) is 17.6 Å². The highest BCUT2D eigenvalue weighted by Gasteiger charge is 2.45. The molecular weight excluding hydrogens is 435 g/mol. The Morgan fingerprint density at radius 3 is 2.52 bits per heavy atom. The molecule has 0 atom stereocenters. The van der Waals surface area contributed by atoms with Crippen LogP contribution in [0.15, 0.2) is 47.4 Å². The van der Waals surface area contributed by atoms with Gasteiger partial charge in [-0.2, -0.15) is 0 Å². The highest BCUT2D eigenvalue weighted by molar-refractivity contribution is 7.89. The Hall–Kier alpha value is -2.50. The Labute approximate surface area is 178 Å². The quantitative estimate of drug-likeness (QED) is 0.645. The van der Waals surface area contributed by atoms with E-state index < -0.39 is 22.1 Å². The largest absolute Gasteiger partial charge is 0.586 e. The first-order chi connectivity index (χ1) is 14.7. The molecule has 4 rings (SSSR count). The highest BCUT2D eigenvalue weighted by Crippen LogP contribution is 2.47. The first-order valence-corrected chi connectivity index (χ1v) is 11.3. The number of benzene rings is 2. The monoisotopic (exact) mass is 457 g/mol. The maximum atomic E-state index is 13.4. The molecule has 2 aliphatic heterocycles. The summed E-state index contributed by atoms with van der Waals surface area (Å²) in [5.41, 5.74) is 0.567. The van der Waals surface area contributed by atoms with Gasteiger partial charge in [0.1, 0.15) is 5.82 Å². The lowest BCUT2D eigenvalue weighted by atomic mass is 10.2. The summed E-state index contributed by atoms with van der Waals surface area (Å²) in [6, 6.07) is 9.68. The molecule has 0 amide bonds. The molecule has 2 aromatic rings. The second-order valence-corrected chi connectivity index (χ2v) is 9.08. The number of anilines is 1. The van der Waals surface area contributed by atoms with Gasteiger partial charge >= 0.3 is 6.29 Å². The molecule has 0 unspecified atom stereocenters. The Balaban J connectivity index is 1.24. The van der Waals surface area contributed by atoms with Crippen LogP contribution in [0.1, 0.15) is 6.42 Å². The van der Waals surface area contributed by atoms with E-state index in [0.29, 0.717) is 44.8 Å². The predicted molar refractivity (Wildman–Crippen MR) is 108 cm³/mol. The van der Waals surface area contributed by atoms with E-state index in [-0.39, 0.29) is 22.9 Å². The number of rotatable bonds is 7. The lowest BCUT2D eigenvalue weighted by Gasteiger charge is -2.36. The number of nitrogens with one attached hydrogen (secondary N) is 1. The topological polar surface area (TPSA) is 71.1 Å². The Bertz CT molecular complexity index is 1040. The number of piperazine rings is 1. The van der Waals surface area contributed by atoms with Crippen LogP contribution in [0.5, 0.6) is 11.5 Å². The third-order valence-electron chi connectivity index (χ3n) is 5.17. The molecule has 0 bridgehead atoms. The van der Waals surface area contributed by atoms with Crippen molar-refractivity contribution in [3.05, 3.63) is 48.3 Å². The van der Waals surface area contributed by atoms with Gasteiger partial charge in [0, 0.05) is 32.7 Å². The normalized spacial score (nSPS) is 18.4. The molecule has 168 valence electrons. The van der Waals surface area contributed by atoms with Gasteiger partial charge < -0.3 is 14.4 Å². The fourth-order valence-electron chi connectivity index (χ4n) is 3.64. The van der Waals surface area contributed by atoms with Crippen molar-refractivity contribution in [3.8, 4) is 11.5 Å². The fraction of sp³-hybridized carbons (Fsp3) is 0.400. The summed E-state index contributed by atoms with van der Waals surface area (Å²) in [7, 11) is -3.75. The maximum Gasteiger partial charge on any atom is 0.586 e. The smallest absolute Gasteiger partial charge is 0.395 e. The van der Waals surface area contributed by atoms with Crippen molar-refractivity contribution in [1.82, 2.24) is 9.62 Å². The van der Waals surface area contributed by atoms with Gasteiger partial charge in [0.2, 0.25) is 10.0 Å². The summed E-state index contributed by atoms with van der Waals surface area (Å²) >= 11 is 0. The number of hydrogen-bond acceptors (Lipinski definition) is 6. The van der Waals surface area contributed by atoms with E-state index in [9.17, 15) is 21.6 Å². The molecule has 2 aromatic carbocycles. The molecule has 0 aromatic heterocycles. The van der Waals surface area contributed by atoms with E-state index in [1.54, 1.807) is 12.1 Å². The molecule has 1 fully saturated rings. The van der Waals surface area contributed by atoms with Crippen LogP contribution >= 0.6 is 0 Å². The third kappa shape index (κ3) is 5.05. The summed E-state index contributed by atoms with van der Waals surface area (Å²) < 4.78 is 76.1. The van der Waals surface area contributed by atoms with Crippen LogP contribution in [0.4, 0.5) is 18.9 Å². The molecule has 0 saturated carbocycles. The van der Waals surface area contributed by atoms with Crippen LogP contribution in [-0.4, -0.2) is 58.9 Å². The standard InChI is InChI=1S/C20H22F3N3O4S/c21-15-4-1-5-16(14-15)31(27,28)24-8-3-9-25-10-12-26(13-11-25)17-6-2-7-18-19(17)30-20(22,23)29-18/h1-2,4-7,14,24H,3,8-13H2. The Morgan fingerprint density at radius 2 is 1.77 bits per heavy atom. The summed E-state index contributed by atoms with van der Waals surface area (Å²) in [5.74, 6) is -0.534. The number of sulfonamides is 1. The van der Waals surface area contributed by atoms with Crippen LogP contribution < -0.4 is 19.1 Å². The van der Waals surface area contributed by atoms with Crippen LogP contribution in [0.2, 0.25) is 0 Å². The molecule has 31 heavy (non-hydrogen) atoms. The minimum absolute atomic E-state index is 0.0236. The van der Waals surface area contributed by atoms with E-state index in [1.165, 1.54) is 24.3 Å². The molecule has 0 spiro atoms. The lowest BCUT2D eigenvalue weighted by Crippen LogP contribution is -2.47. The molecule has 11 heteroatoms. The van der Waals surface area contributed by atoms with Crippen molar-refractivity contribution in [1.29, 1.82) is 0 Å². The molecule has 2 heterocycles. The SMILES string of the molecule is O=S(=O)(NCCCN1CCN(c2cccc3c2OC(F)(F)O3)CC1)c1cccc(F)c1. The zero-order chi connectivity index (χ0) is 22.1. The summed E-state index contributed by atoms with van der Waals surface area (Å²) in [6.07, 6.45) is -3.07. The Morgan fingerprint density at radius 1 is 1.03 bits per heavy atom. The van der Waals surface area contributed by atoms with E-state index in [1.807, 2.05) is 4.90 Å². The first-order valence-electron chi connectivity index (χ1n) is 9.85. The van der Waals surface area contributed by atoms with Gasteiger partial charge in [-0.05, 0) is 43.3 Å². The predicted octanol–water partition coefficient (Wildman–Crippen LogP) is 2.64. The first kappa shape index (κ1) is 21.7. The average molecular weight is 457 g/mol. The fourth-order valence-corrected chi connectivity index (χ4v) is 4.75. The van der Waals surface area contributed by atoms with Gasteiger partial charge in [-0.25, -0.2) is 17.5 Å². The molecule has 0 aliphatic carbocycles.